The highest BCUT2D eigenvalue weighted by atomic mass is 16.5. The zero-order valence-corrected chi connectivity index (χ0v) is 13.8. The van der Waals surface area contributed by atoms with Gasteiger partial charge in [0.25, 0.3) is 0 Å². The summed E-state index contributed by atoms with van der Waals surface area (Å²) < 4.78 is 7.41. The van der Waals surface area contributed by atoms with Crippen LogP contribution in [0.3, 0.4) is 0 Å². The maximum absolute atomic E-state index is 5.66. The number of benzene rings is 1. The first-order valence-corrected chi connectivity index (χ1v) is 8.09. The van der Waals surface area contributed by atoms with Gasteiger partial charge in [-0.25, -0.2) is 0 Å². The lowest BCUT2D eigenvalue weighted by molar-refractivity contribution is 0.0965. The van der Waals surface area contributed by atoms with Crippen LogP contribution < -0.4 is 0 Å². The smallest absolute Gasteiger partial charge is 0.0897 e. The average molecular weight is 312 g/mol. The second kappa shape index (κ2) is 7.53. The molecule has 1 saturated heterocycles. The monoisotopic (exact) mass is 312 g/mol. The van der Waals surface area contributed by atoms with Crippen molar-refractivity contribution in [1.82, 2.24) is 19.9 Å². The van der Waals surface area contributed by atoms with Crippen LogP contribution in [0.2, 0.25) is 0 Å². The zero-order chi connectivity index (χ0) is 16.1. The summed E-state index contributed by atoms with van der Waals surface area (Å²) in [6.07, 6.45) is 7.66. The largest absolute Gasteiger partial charge is 0.379 e. The van der Waals surface area contributed by atoms with Crippen molar-refractivity contribution in [3.63, 3.8) is 0 Å². The van der Waals surface area contributed by atoms with E-state index in [9.17, 15) is 0 Å². The van der Waals surface area contributed by atoms with Gasteiger partial charge >= 0.3 is 0 Å². The fourth-order valence-corrected chi connectivity index (χ4v) is 3.13. The number of hydrogen-bond acceptors (Lipinski definition) is 4. The maximum Gasteiger partial charge on any atom is 0.0897 e. The van der Waals surface area contributed by atoms with Crippen LogP contribution in [0.15, 0.2) is 42.6 Å². The number of likely N-dealkylation sites (tertiary alicyclic amines) is 1. The van der Waals surface area contributed by atoms with E-state index < -0.39 is 0 Å². The zero-order valence-electron chi connectivity index (χ0n) is 13.8. The lowest BCUT2D eigenvalue weighted by Gasteiger charge is -2.13. The minimum absolute atomic E-state index is 0.199. The molecule has 0 amide bonds. The molecule has 0 saturated carbocycles. The lowest BCUT2D eigenvalue weighted by atomic mass is 10.0. The van der Waals surface area contributed by atoms with Crippen LogP contribution in [0.1, 0.15) is 23.6 Å². The van der Waals surface area contributed by atoms with E-state index in [1.54, 1.807) is 11.8 Å². The highest BCUT2D eigenvalue weighted by molar-refractivity contribution is 5.48. The highest BCUT2D eigenvalue weighted by Crippen LogP contribution is 2.28. The second-order valence-corrected chi connectivity index (χ2v) is 6.06. The van der Waals surface area contributed by atoms with E-state index in [1.807, 2.05) is 19.3 Å². The molecule has 1 aliphatic rings. The van der Waals surface area contributed by atoms with Crippen LogP contribution in [0, 0.1) is 0 Å². The fraction of sp³-hybridized carbons (Fsp3) is 0.444. The van der Waals surface area contributed by atoms with E-state index in [4.69, 9.17) is 4.74 Å². The summed E-state index contributed by atoms with van der Waals surface area (Å²) in [4.78, 5) is 2.45. The van der Waals surface area contributed by atoms with Crippen molar-refractivity contribution < 1.29 is 4.74 Å². The number of hydrogen-bond donors (Lipinski definition) is 0. The quantitative estimate of drug-likeness (QED) is 0.821. The molecule has 0 radical (unpaired) electrons. The summed E-state index contributed by atoms with van der Waals surface area (Å²) in [7, 11) is 3.69. The van der Waals surface area contributed by atoms with Crippen LogP contribution in [-0.4, -0.2) is 52.7 Å². The SMILES string of the molecule is CO[C@@H]1CN(CC/C=C/c2ccccc2)C[C@H]1c1cn(C)nn1. The molecule has 0 N–H and O–H groups in total. The Labute approximate surface area is 137 Å². The van der Waals surface area contributed by atoms with Crippen LogP contribution in [0.4, 0.5) is 0 Å². The first-order chi connectivity index (χ1) is 11.3. The molecule has 0 bridgehead atoms. The van der Waals surface area contributed by atoms with Crippen LogP contribution in [-0.2, 0) is 11.8 Å². The number of rotatable bonds is 6. The van der Waals surface area contributed by atoms with Gasteiger partial charge in [0.1, 0.15) is 0 Å². The van der Waals surface area contributed by atoms with Gasteiger partial charge in [-0.15, -0.1) is 5.10 Å². The Balaban J connectivity index is 1.52. The van der Waals surface area contributed by atoms with E-state index in [-0.39, 0.29) is 6.10 Å². The van der Waals surface area contributed by atoms with Gasteiger partial charge in [-0.1, -0.05) is 47.7 Å². The highest BCUT2D eigenvalue weighted by Gasteiger charge is 2.35. The number of aromatic nitrogens is 3. The summed E-state index contributed by atoms with van der Waals surface area (Å²) >= 11 is 0. The Morgan fingerprint density at radius 3 is 2.78 bits per heavy atom. The summed E-state index contributed by atoms with van der Waals surface area (Å²) in [5.41, 5.74) is 2.28. The van der Waals surface area contributed by atoms with Gasteiger partial charge in [0.2, 0.25) is 0 Å². The minimum atomic E-state index is 0.199. The summed E-state index contributed by atoms with van der Waals surface area (Å²) in [6, 6.07) is 10.4. The number of nitrogens with zero attached hydrogens (tertiary/aromatic N) is 4. The molecule has 122 valence electrons. The molecule has 1 aliphatic heterocycles. The Hall–Kier alpha value is -1.98. The first-order valence-electron chi connectivity index (χ1n) is 8.09. The van der Waals surface area contributed by atoms with Crippen molar-refractivity contribution in [3.05, 3.63) is 53.9 Å². The molecule has 2 heterocycles. The molecular weight excluding hydrogens is 288 g/mol. The fourth-order valence-electron chi connectivity index (χ4n) is 3.13. The molecule has 5 heteroatoms. The Morgan fingerprint density at radius 2 is 2.09 bits per heavy atom. The maximum atomic E-state index is 5.66. The number of methoxy groups -OCH3 is 1. The van der Waals surface area contributed by atoms with E-state index in [0.29, 0.717) is 5.92 Å². The average Bonchev–Trinajstić information content (AvgIpc) is 3.18. The molecule has 3 rings (SSSR count). The van der Waals surface area contributed by atoms with Gasteiger partial charge < -0.3 is 4.74 Å². The molecule has 5 nitrogen and oxygen atoms in total. The van der Waals surface area contributed by atoms with Crippen LogP contribution >= 0.6 is 0 Å². The summed E-state index contributed by atoms with van der Waals surface area (Å²) in [5, 5.41) is 8.30. The Kier molecular flexibility index (Phi) is 5.20. The Morgan fingerprint density at radius 1 is 1.26 bits per heavy atom. The van der Waals surface area contributed by atoms with Gasteiger partial charge in [-0.2, -0.15) is 0 Å². The second-order valence-electron chi connectivity index (χ2n) is 6.06. The van der Waals surface area contributed by atoms with Crippen molar-refractivity contribution in [2.75, 3.05) is 26.7 Å². The third kappa shape index (κ3) is 4.06. The van der Waals surface area contributed by atoms with E-state index in [2.05, 4.69) is 51.6 Å². The molecule has 0 aliphatic carbocycles. The molecule has 1 aromatic carbocycles. The van der Waals surface area contributed by atoms with Crippen LogP contribution in [0.25, 0.3) is 6.08 Å². The summed E-state index contributed by atoms with van der Waals surface area (Å²) in [6.45, 7) is 2.98. The molecule has 2 aromatic rings. The Bertz CT molecular complexity index is 637. The number of aryl methyl sites for hydroxylation is 1. The molecule has 1 fully saturated rings. The van der Waals surface area contributed by atoms with Gasteiger partial charge in [-0.3, -0.25) is 9.58 Å². The normalized spacial score (nSPS) is 22.2. The summed E-state index contributed by atoms with van der Waals surface area (Å²) in [5.74, 6) is 0.312. The van der Waals surface area contributed by atoms with Gasteiger partial charge in [-0.05, 0) is 12.0 Å². The molecule has 23 heavy (non-hydrogen) atoms. The minimum Gasteiger partial charge on any atom is -0.379 e. The van der Waals surface area contributed by atoms with Crippen molar-refractivity contribution in [2.24, 2.45) is 7.05 Å². The van der Waals surface area contributed by atoms with Crippen LogP contribution in [0.5, 0.6) is 0 Å². The molecule has 1 aromatic heterocycles. The van der Waals surface area contributed by atoms with Gasteiger partial charge in [0.05, 0.1) is 11.8 Å². The van der Waals surface area contributed by atoms with E-state index in [1.165, 1.54) is 5.56 Å². The topological polar surface area (TPSA) is 43.2 Å². The predicted octanol–water partition coefficient (Wildman–Crippen LogP) is 2.33. The molecular formula is C18H24N4O. The van der Waals surface area contributed by atoms with E-state index in [0.717, 1.165) is 31.7 Å². The van der Waals surface area contributed by atoms with Crippen molar-refractivity contribution in [1.29, 1.82) is 0 Å². The van der Waals surface area contributed by atoms with Gasteiger partial charge in [0, 0.05) is 45.9 Å². The van der Waals surface area contributed by atoms with Gasteiger partial charge in [0.15, 0.2) is 0 Å². The van der Waals surface area contributed by atoms with E-state index >= 15 is 0 Å². The van der Waals surface area contributed by atoms with Crippen molar-refractivity contribution in [2.45, 2.75) is 18.4 Å². The molecule has 0 unspecified atom stereocenters. The third-order valence-electron chi connectivity index (χ3n) is 4.37. The lowest BCUT2D eigenvalue weighted by Crippen LogP contribution is -2.23. The third-order valence-corrected chi connectivity index (χ3v) is 4.37. The molecule has 0 spiro atoms. The number of ether oxygens (including phenoxy) is 1. The van der Waals surface area contributed by atoms with Crippen molar-refractivity contribution >= 4 is 6.08 Å². The first kappa shape index (κ1) is 15.9. The predicted molar refractivity (Wildman–Crippen MR) is 91.1 cm³/mol. The van der Waals surface area contributed by atoms with Crippen molar-refractivity contribution in [3.8, 4) is 0 Å². The standard InChI is InChI=1S/C18H24N4O/c1-21-13-17(19-20-21)16-12-22(14-18(16)23-2)11-7-6-10-15-8-4-3-5-9-15/h3-6,8-10,13,16,18H,7,11-12,14H2,1-2H3/b10-6+/t16-,18+/m0/s1. The molecule has 2 atom stereocenters.